The van der Waals surface area contributed by atoms with Gasteiger partial charge in [-0.1, -0.05) is 13.8 Å². The van der Waals surface area contributed by atoms with E-state index in [1.54, 1.807) is 6.92 Å². The summed E-state index contributed by atoms with van der Waals surface area (Å²) in [5.74, 6) is -0.556. The van der Waals surface area contributed by atoms with E-state index >= 15 is 0 Å². The molecule has 0 bridgehead atoms. The molecule has 0 heterocycles. The molecule has 0 aromatic heterocycles. The van der Waals surface area contributed by atoms with Crippen molar-refractivity contribution in [3.05, 3.63) is 6.92 Å². The summed E-state index contributed by atoms with van der Waals surface area (Å²) in [5, 5.41) is 0. The van der Waals surface area contributed by atoms with Gasteiger partial charge < -0.3 is 0 Å². The zero-order chi connectivity index (χ0) is 6.57. The Morgan fingerprint density at radius 1 is 1.88 bits per heavy atom. The van der Waals surface area contributed by atoms with E-state index in [1.165, 1.54) is 0 Å². The van der Waals surface area contributed by atoms with Crippen molar-refractivity contribution in [1.29, 1.82) is 0 Å². The van der Waals surface area contributed by atoms with Crippen molar-refractivity contribution in [3.8, 4) is 0 Å². The van der Waals surface area contributed by atoms with E-state index in [4.69, 9.17) is 0 Å². The van der Waals surface area contributed by atoms with E-state index in [-0.39, 0.29) is 11.7 Å². The number of carbonyl (C=O) groups is 1. The second-order valence-corrected chi connectivity index (χ2v) is 1.79. The van der Waals surface area contributed by atoms with Crippen molar-refractivity contribution >= 4 is 5.78 Å². The van der Waals surface area contributed by atoms with Crippen molar-refractivity contribution < 1.29 is 9.18 Å². The van der Waals surface area contributed by atoms with Crippen LogP contribution in [-0.2, 0) is 4.79 Å². The number of halogens is 1. The molecule has 0 aliphatic heterocycles. The maximum atomic E-state index is 11.4. The molecule has 1 atom stereocenters. The monoisotopic (exact) mass is 117 g/mol. The average molecular weight is 117 g/mol. The van der Waals surface area contributed by atoms with E-state index in [9.17, 15) is 9.18 Å². The molecule has 0 fully saturated rings. The molecule has 2 heteroatoms. The SMILES string of the molecule is [CH2]CC(C)C(=O)CF. The Hall–Kier alpha value is -0.400. The fraction of sp³-hybridized carbons (Fsp3) is 0.667. The second kappa shape index (κ2) is 3.58. The first kappa shape index (κ1) is 7.60. The highest BCUT2D eigenvalue weighted by atomic mass is 19.1. The lowest BCUT2D eigenvalue weighted by atomic mass is 10.1. The summed E-state index contributed by atoms with van der Waals surface area (Å²) in [6, 6.07) is 0. The number of ketones is 1. The number of rotatable bonds is 3. The maximum Gasteiger partial charge on any atom is 0.166 e. The van der Waals surface area contributed by atoms with Crippen molar-refractivity contribution in [2.45, 2.75) is 13.3 Å². The Morgan fingerprint density at radius 2 is 2.38 bits per heavy atom. The number of alkyl halides is 1. The Morgan fingerprint density at radius 3 is 2.50 bits per heavy atom. The minimum atomic E-state index is -0.851. The first-order valence-electron chi connectivity index (χ1n) is 2.60. The van der Waals surface area contributed by atoms with Crippen LogP contribution >= 0.6 is 0 Å². The van der Waals surface area contributed by atoms with Gasteiger partial charge in [0.2, 0.25) is 0 Å². The third kappa shape index (κ3) is 2.05. The minimum Gasteiger partial charge on any atom is -0.296 e. The van der Waals surface area contributed by atoms with Gasteiger partial charge in [-0.3, -0.25) is 4.79 Å². The first-order valence-corrected chi connectivity index (χ1v) is 2.60. The van der Waals surface area contributed by atoms with Crippen molar-refractivity contribution in [2.24, 2.45) is 5.92 Å². The molecular weight excluding hydrogens is 107 g/mol. The average Bonchev–Trinajstić information content (AvgIpc) is 1.84. The number of Topliss-reactive ketones (excluding diaryl/α,β-unsaturated/α-hetero) is 1. The van der Waals surface area contributed by atoms with Crippen molar-refractivity contribution in [3.63, 3.8) is 0 Å². The molecule has 0 spiro atoms. The van der Waals surface area contributed by atoms with Gasteiger partial charge in [0.25, 0.3) is 0 Å². The van der Waals surface area contributed by atoms with E-state index in [2.05, 4.69) is 6.92 Å². The Balaban J connectivity index is 3.46. The van der Waals surface area contributed by atoms with Crippen LogP contribution in [0.5, 0.6) is 0 Å². The highest BCUT2D eigenvalue weighted by Gasteiger charge is 2.08. The predicted molar refractivity (Wildman–Crippen MR) is 30.1 cm³/mol. The molecule has 0 aliphatic carbocycles. The molecule has 1 nitrogen and oxygen atoms in total. The highest BCUT2D eigenvalue weighted by molar-refractivity contribution is 5.81. The second-order valence-electron chi connectivity index (χ2n) is 1.79. The highest BCUT2D eigenvalue weighted by Crippen LogP contribution is 2.00. The molecule has 47 valence electrons. The fourth-order valence-corrected chi connectivity index (χ4v) is 0.293. The Kier molecular flexibility index (Phi) is 3.40. The zero-order valence-electron chi connectivity index (χ0n) is 4.98. The molecule has 0 amide bonds. The van der Waals surface area contributed by atoms with Crippen LogP contribution < -0.4 is 0 Å². The lowest BCUT2D eigenvalue weighted by molar-refractivity contribution is -0.123. The van der Waals surface area contributed by atoms with Gasteiger partial charge in [-0.05, 0) is 6.42 Å². The fourth-order valence-electron chi connectivity index (χ4n) is 0.293. The Labute approximate surface area is 48.9 Å². The van der Waals surface area contributed by atoms with Crippen molar-refractivity contribution in [2.75, 3.05) is 6.67 Å². The third-order valence-corrected chi connectivity index (χ3v) is 1.11. The molecule has 0 rings (SSSR count). The largest absolute Gasteiger partial charge is 0.296 e. The van der Waals surface area contributed by atoms with Gasteiger partial charge >= 0.3 is 0 Å². The zero-order valence-corrected chi connectivity index (χ0v) is 4.98. The van der Waals surface area contributed by atoms with Crippen LogP contribution in [0.15, 0.2) is 0 Å². The summed E-state index contributed by atoms with van der Waals surface area (Å²) in [7, 11) is 0. The van der Waals surface area contributed by atoms with E-state index in [0.29, 0.717) is 6.42 Å². The number of carbonyl (C=O) groups excluding carboxylic acids is 1. The normalized spacial score (nSPS) is 13.4. The summed E-state index contributed by atoms with van der Waals surface area (Å²) in [6.45, 7) is 4.29. The molecule has 0 saturated heterocycles. The van der Waals surface area contributed by atoms with Crippen LogP contribution in [0.4, 0.5) is 4.39 Å². The molecule has 8 heavy (non-hydrogen) atoms. The molecule has 0 aromatic carbocycles. The topological polar surface area (TPSA) is 17.1 Å². The molecule has 1 unspecified atom stereocenters. The summed E-state index contributed by atoms with van der Waals surface area (Å²) >= 11 is 0. The summed E-state index contributed by atoms with van der Waals surface area (Å²) < 4.78 is 11.4. The minimum absolute atomic E-state index is 0.208. The molecular formula is C6H10FO. The lowest BCUT2D eigenvalue weighted by Gasteiger charge is -2.00. The summed E-state index contributed by atoms with van der Waals surface area (Å²) in [6.07, 6.45) is 0.489. The van der Waals surface area contributed by atoms with Crippen LogP contribution in [0.2, 0.25) is 0 Å². The standard InChI is InChI=1S/C6H10FO/c1-3-5(2)6(8)4-7/h5H,1,3-4H2,2H3. The molecule has 0 N–H and O–H groups in total. The van der Waals surface area contributed by atoms with Gasteiger partial charge in [0.15, 0.2) is 5.78 Å². The van der Waals surface area contributed by atoms with Crippen LogP contribution in [0.3, 0.4) is 0 Å². The van der Waals surface area contributed by atoms with Gasteiger partial charge in [0.05, 0.1) is 0 Å². The van der Waals surface area contributed by atoms with Gasteiger partial charge in [-0.25, -0.2) is 4.39 Å². The molecule has 1 radical (unpaired) electrons. The van der Waals surface area contributed by atoms with Gasteiger partial charge in [0, 0.05) is 5.92 Å². The van der Waals surface area contributed by atoms with E-state index in [1.807, 2.05) is 0 Å². The third-order valence-electron chi connectivity index (χ3n) is 1.11. The molecule has 0 aromatic rings. The Bertz CT molecular complexity index is 80.6. The maximum absolute atomic E-state index is 11.4. The van der Waals surface area contributed by atoms with E-state index < -0.39 is 6.67 Å². The summed E-state index contributed by atoms with van der Waals surface area (Å²) in [4.78, 5) is 10.3. The van der Waals surface area contributed by atoms with E-state index in [0.717, 1.165) is 0 Å². The van der Waals surface area contributed by atoms with Gasteiger partial charge in [-0.15, -0.1) is 0 Å². The van der Waals surface area contributed by atoms with Crippen LogP contribution in [0.25, 0.3) is 0 Å². The quantitative estimate of drug-likeness (QED) is 0.545. The van der Waals surface area contributed by atoms with Crippen LogP contribution in [0.1, 0.15) is 13.3 Å². The predicted octanol–water partition coefficient (Wildman–Crippen LogP) is 1.39. The van der Waals surface area contributed by atoms with Gasteiger partial charge in [-0.2, -0.15) is 0 Å². The number of hydrogen-bond donors (Lipinski definition) is 0. The summed E-state index contributed by atoms with van der Waals surface area (Å²) in [5.41, 5.74) is 0. The van der Waals surface area contributed by atoms with Gasteiger partial charge in [0.1, 0.15) is 6.67 Å². The molecule has 0 aliphatic rings. The smallest absolute Gasteiger partial charge is 0.166 e. The molecule has 0 saturated carbocycles. The first-order chi connectivity index (χ1) is 3.72. The van der Waals surface area contributed by atoms with Crippen LogP contribution in [0, 0.1) is 12.8 Å². The number of hydrogen-bond acceptors (Lipinski definition) is 1. The lowest BCUT2D eigenvalue weighted by Crippen LogP contribution is -2.10. The van der Waals surface area contributed by atoms with Crippen molar-refractivity contribution in [1.82, 2.24) is 0 Å². The van der Waals surface area contributed by atoms with Crippen LogP contribution in [-0.4, -0.2) is 12.5 Å².